The van der Waals surface area contributed by atoms with Crippen LogP contribution in [-0.2, 0) is 34.3 Å². The zero-order chi connectivity index (χ0) is 29.8. The second-order valence-corrected chi connectivity index (χ2v) is 16.4. The molecule has 0 aromatic heterocycles. The second-order valence-electron chi connectivity index (χ2n) is 12.1. The number of nitrogens with one attached hydrogen (secondary N) is 1. The van der Waals surface area contributed by atoms with Gasteiger partial charge in [-0.2, -0.15) is 27.1 Å². The number of aliphatic hydroxyl groups excluding tert-OH is 1. The van der Waals surface area contributed by atoms with Crippen molar-refractivity contribution in [2.75, 3.05) is 6.73 Å². The van der Waals surface area contributed by atoms with E-state index in [9.17, 15) is 31.0 Å². The minimum atomic E-state index is -4.37. The second kappa shape index (κ2) is 14.5. The summed E-state index contributed by atoms with van der Waals surface area (Å²) in [4.78, 5) is 0. The predicted molar refractivity (Wildman–Crippen MR) is 149 cm³/mol. The Hall–Kier alpha value is -0.470. The van der Waals surface area contributed by atoms with Gasteiger partial charge in [-0.05, 0) is 63.2 Å². The number of nitrogens with zero attached hydrogens (tertiary/aromatic N) is 2. The maximum atomic E-state index is 12.2. The molecule has 0 aromatic rings. The number of hydrogen-bond acceptors (Lipinski definition) is 13. The molecule has 4 rings (SSSR count). The van der Waals surface area contributed by atoms with Gasteiger partial charge in [0.25, 0.3) is 20.2 Å². The van der Waals surface area contributed by atoms with Gasteiger partial charge in [-0.3, -0.25) is 14.4 Å². The Labute approximate surface area is 245 Å². The van der Waals surface area contributed by atoms with E-state index in [2.05, 4.69) is 24.9 Å². The fraction of sp³-hybridized carbons (Fsp3) is 1.00. The van der Waals surface area contributed by atoms with Crippen molar-refractivity contribution in [3.63, 3.8) is 0 Å². The van der Waals surface area contributed by atoms with Crippen LogP contribution in [0.25, 0.3) is 0 Å². The zero-order valence-corrected chi connectivity index (χ0v) is 25.6. The Morgan fingerprint density at radius 1 is 0.927 bits per heavy atom. The fourth-order valence-electron chi connectivity index (χ4n) is 7.22. The first kappa shape index (κ1) is 33.4. The summed E-state index contributed by atoms with van der Waals surface area (Å²) in [7, 11) is -8.73. The van der Waals surface area contributed by atoms with E-state index in [1.807, 2.05) is 6.92 Å². The van der Waals surface area contributed by atoms with Crippen LogP contribution in [0.4, 0.5) is 0 Å². The summed E-state index contributed by atoms with van der Waals surface area (Å²) in [5.41, 5.74) is 0. The summed E-state index contributed by atoms with van der Waals surface area (Å²) in [6.07, 6.45) is 6.01. The number of aliphatic hydroxyl groups is 1. The standard InChI is InChI=1S/C24H43N3O11S3/c1-14-7-8-18(21(9-14)41(33,34)35)26-27-23-20(39-38-37-29)11-15-10-17(40(30,31)32)12-19(22(15)24(23)28)25-13-36-16-5-3-2-4-6-16/h14-25,28-29H,2-13H2,1H3,(H,30,31,32)(H,33,34,35). The first-order valence-corrected chi connectivity index (χ1v) is 18.2. The Kier molecular flexibility index (Phi) is 11.9. The number of azo groups is 1. The van der Waals surface area contributed by atoms with Crippen LogP contribution in [0.2, 0.25) is 0 Å². The maximum Gasteiger partial charge on any atom is 0.269 e. The number of rotatable bonds is 11. The SMILES string of the molecule is CC1CCC(N=NC2C(SOOO)CC3CC(S(=O)(=O)O)CC(NCOC4CCCCC4)C3C2O)C(S(=O)(=O)O)C1. The average Bonchev–Trinajstić information content (AvgIpc) is 2.91. The number of ether oxygens (including phenoxy) is 1. The number of fused-ring (bicyclic) bond motifs is 1. The lowest BCUT2D eigenvalue weighted by Crippen LogP contribution is -2.60. The summed E-state index contributed by atoms with van der Waals surface area (Å²) in [5, 5.41) is 33.4. The summed E-state index contributed by atoms with van der Waals surface area (Å²) in [5.74, 6) is -0.763. The fourth-order valence-corrected chi connectivity index (χ4v) is 10.1. The molecule has 0 saturated heterocycles. The molecule has 14 nitrogen and oxygen atoms in total. The summed E-state index contributed by atoms with van der Waals surface area (Å²) < 4.78 is 78.9. The van der Waals surface area contributed by atoms with Crippen molar-refractivity contribution in [1.29, 1.82) is 0 Å². The van der Waals surface area contributed by atoms with E-state index >= 15 is 0 Å². The molecule has 0 spiro atoms. The van der Waals surface area contributed by atoms with Crippen LogP contribution in [-0.4, -0.2) is 89.1 Å². The number of hydrogen-bond donors (Lipinski definition) is 5. The molecular weight excluding hydrogens is 602 g/mol. The molecule has 4 aliphatic rings. The van der Waals surface area contributed by atoms with Gasteiger partial charge in [0.15, 0.2) is 0 Å². The topological polar surface area (TPSA) is 214 Å². The van der Waals surface area contributed by atoms with Gasteiger partial charge in [-0.15, -0.1) is 4.33 Å². The van der Waals surface area contributed by atoms with Crippen LogP contribution in [0.5, 0.6) is 0 Å². The molecule has 4 fully saturated rings. The lowest BCUT2D eigenvalue weighted by atomic mass is 9.65. The molecule has 4 saturated carbocycles. The minimum Gasteiger partial charge on any atom is -0.390 e. The molecule has 238 valence electrons. The van der Waals surface area contributed by atoms with Crippen LogP contribution in [0.1, 0.15) is 77.6 Å². The lowest BCUT2D eigenvalue weighted by molar-refractivity contribution is -0.432. The van der Waals surface area contributed by atoms with Crippen LogP contribution in [0.3, 0.4) is 0 Å². The molecule has 17 heteroatoms. The van der Waals surface area contributed by atoms with Crippen LogP contribution in [0, 0.1) is 17.8 Å². The van der Waals surface area contributed by atoms with E-state index in [1.54, 1.807) is 0 Å². The van der Waals surface area contributed by atoms with E-state index in [0.29, 0.717) is 24.9 Å². The van der Waals surface area contributed by atoms with Crippen LogP contribution < -0.4 is 5.32 Å². The van der Waals surface area contributed by atoms with E-state index < -0.39 is 66.1 Å². The highest BCUT2D eigenvalue weighted by Crippen LogP contribution is 2.47. The van der Waals surface area contributed by atoms with Gasteiger partial charge >= 0.3 is 0 Å². The van der Waals surface area contributed by atoms with Crippen molar-refractivity contribution in [3.8, 4) is 0 Å². The molecule has 5 N–H and O–H groups in total. The molecule has 0 aliphatic heterocycles. The molecule has 10 atom stereocenters. The molecular formula is C24H43N3O11S3. The van der Waals surface area contributed by atoms with Gasteiger partial charge < -0.3 is 9.84 Å². The molecule has 0 aromatic carbocycles. The van der Waals surface area contributed by atoms with Gasteiger partial charge in [-0.25, -0.2) is 5.26 Å². The van der Waals surface area contributed by atoms with Crippen molar-refractivity contribution < 1.29 is 50.4 Å². The normalized spacial score (nSPS) is 39.5. The smallest absolute Gasteiger partial charge is 0.269 e. The Morgan fingerprint density at radius 2 is 1.66 bits per heavy atom. The predicted octanol–water partition coefficient (Wildman–Crippen LogP) is 3.00. The van der Waals surface area contributed by atoms with E-state index in [1.165, 1.54) is 6.42 Å². The first-order valence-electron chi connectivity index (χ1n) is 14.4. The minimum absolute atomic E-state index is 0.0638. The van der Waals surface area contributed by atoms with E-state index in [-0.39, 0.29) is 50.4 Å². The third kappa shape index (κ3) is 8.80. The van der Waals surface area contributed by atoms with Crippen LogP contribution in [0.15, 0.2) is 10.2 Å². The third-order valence-corrected chi connectivity index (χ3v) is 12.7. The Morgan fingerprint density at radius 3 is 2.32 bits per heavy atom. The molecule has 0 bridgehead atoms. The monoisotopic (exact) mass is 645 g/mol. The third-order valence-electron chi connectivity index (χ3n) is 9.33. The first-order chi connectivity index (χ1) is 19.4. The van der Waals surface area contributed by atoms with Gasteiger partial charge in [0.05, 0.1) is 35.5 Å². The Balaban J connectivity index is 1.55. The zero-order valence-electron chi connectivity index (χ0n) is 23.1. The molecule has 4 aliphatic carbocycles. The van der Waals surface area contributed by atoms with Gasteiger partial charge in [0, 0.05) is 24.0 Å². The van der Waals surface area contributed by atoms with Crippen molar-refractivity contribution in [3.05, 3.63) is 0 Å². The van der Waals surface area contributed by atoms with E-state index in [0.717, 1.165) is 25.7 Å². The lowest BCUT2D eigenvalue weighted by Gasteiger charge is -2.49. The molecule has 0 radical (unpaired) electrons. The van der Waals surface area contributed by atoms with Gasteiger partial charge in [-0.1, -0.05) is 31.2 Å². The molecule has 0 heterocycles. The highest BCUT2D eigenvalue weighted by atomic mass is 32.2. The quantitative estimate of drug-likeness (QED) is 0.0546. The van der Waals surface area contributed by atoms with Crippen molar-refractivity contribution in [2.45, 2.75) is 124 Å². The Bertz CT molecular complexity index is 1090. The van der Waals surface area contributed by atoms with Crippen molar-refractivity contribution in [1.82, 2.24) is 5.32 Å². The molecule has 41 heavy (non-hydrogen) atoms. The molecule has 10 unspecified atom stereocenters. The average molecular weight is 646 g/mol. The molecule has 0 amide bonds. The van der Waals surface area contributed by atoms with Crippen molar-refractivity contribution in [2.24, 2.45) is 28.0 Å². The highest BCUT2D eigenvalue weighted by molar-refractivity contribution is 7.95. The van der Waals surface area contributed by atoms with Crippen molar-refractivity contribution >= 4 is 32.3 Å². The van der Waals surface area contributed by atoms with Gasteiger partial charge in [0.2, 0.25) is 0 Å². The summed E-state index contributed by atoms with van der Waals surface area (Å²) in [6, 6.07) is -2.23. The van der Waals surface area contributed by atoms with E-state index in [4.69, 9.17) is 9.99 Å². The summed E-state index contributed by atoms with van der Waals surface area (Å²) >= 11 is 0.694. The van der Waals surface area contributed by atoms with Gasteiger partial charge in [0.1, 0.15) is 11.3 Å². The largest absolute Gasteiger partial charge is 0.390 e. The summed E-state index contributed by atoms with van der Waals surface area (Å²) in [6.45, 7) is 2.06. The highest BCUT2D eigenvalue weighted by Gasteiger charge is 2.53. The maximum absolute atomic E-state index is 12.2. The van der Waals surface area contributed by atoms with Crippen LogP contribution >= 0.6 is 12.0 Å².